The molecule has 2 heterocycles. The fraction of sp³-hybridized carbons (Fsp3) is 0.227. The van der Waals surface area contributed by atoms with Crippen LogP contribution in [0.3, 0.4) is 0 Å². The molecule has 0 spiro atoms. The molecule has 154 valence electrons. The molecule has 0 radical (unpaired) electrons. The van der Waals surface area contributed by atoms with Gasteiger partial charge in [0.25, 0.3) is 0 Å². The van der Waals surface area contributed by atoms with Gasteiger partial charge in [0.2, 0.25) is 11.8 Å². The summed E-state index contributed by atoms with van der Waals surface area (Å²) >= 11 is 12.0. The first-order valence-corrected chi connectivity index (χ1v) is 10.4. The van der Waals surface area contributed by atoms with E-state index in [1.807, 2.05) is 48.5 Å². The quantitative estimate of drug-likeness (QED) is 0.628. The van der Waals surface area contributed by atoms with E-state index in [2.05, 4.69) is 10.4 Å². The van der Waals surface area contributed by atoms with Crippen molar-refractivity contribution in [2.75, 3.05) is 18.0 Å². The van der Waals surface area contributed by atoms with Gasteiger partial charge in [-0.15, -0.1) is 0 Å². The van der Waals surface area contributed by atoms with E-state index in [4.69, 9.17) is 23.2 Å². The van der Waals surface area contributed by atoms with Crippen LogP contribution in [0.5, 0.6) is 0 Å². The Labute approximate surface area is 184 Å². The number of carbonyl (C=O) groups is 2. The van der Waals surface area contributed by atoms with Crippen LogP contribution in [0.25, 0.3) is 11.3 Å². The number of fused-ring (bicyclic) bond motifs is 1. The molecule has 0 aliphatic carbocycles. The zero-order chi connectivity index (χ0) is 21.1. The second kappa shape index (κ2) is 8.90. The van der Waals surface area contributed by atoms with E-state index in [-0.39, 0.29) is 18.4 Å². The maximum Gasteiger partial charge on any atom is 0.240 e. The summed E-state index contributed by atoms with van der Waals surface area (Å²) in [6.45, 7) is 0.930. The Morgan fingerprint density at radius 1 is 1.07 bits per heavy atom. The second-order valence-corrected chi connectivity index (χ2v) is 7.95. The maximum atomic E-state index is 12.5. The Morgan fingerprint density at radius 2 is 1.87 bits per heavy atom. The van der Waals surface area contributed by atoms with Crippen LogP contribution >= 0.6 is 23.2 Å². The molecular formula is C22H20Cl2N4O2. The third-order valence-corrected chi connectivity index (χ3v) is 5.43. The van der Waals surface area contributed by atoms with E-state index in [9.17, 15) is 9.59 Å². The van der Waals surface area contributed by atoms with Crippen molar-refractivity contribution in [2.45, 2.75) is 19.4 Å². The van der Waals surface area contributed by atoms with E-state index >= 15 is 0 Å². The summed E-state index contributed by atoms with van der Waals surface area (Å²) in [6, 6.07) is 16.7. The van der Waals surface area contributed by atoms with Crippen LogP contribution in [0.1, 0.15) is 12.0 Å². The molecule has 8 heteroatoms. The number of amides is 2. The van der Waals surface area contributed by atoms with Crippen molar-refractivity contribution in [2.24, 2.45) is 0 Å². The molecule has 1 aliphatic rings. The Morgan fingerprint density at radius 3 is 2.63 bits per heavy atom. The van der Waals surface area contributed by atoms with E-state index in [1.54, 1.807) is 10.7 Å². The van der Waals surface area contributed by atoms with Crippen LogP contribution in [0, 0.1) is 0 Å². The summed E-state index contributed by atoms with van der Waals surface area (Å²) in [5, 5.41) is 8.76. The highest BCUT2D eigenvalue weighted by atomic mass is 35.5. The van der Waals surface area contributed by atoms with Crippen molar-refractivity contribution in [3.8, 4) is 11.3 Å². The van der Waals surface area contributed by atoms with Crippen molar-refractivity contribution < 1.29 is 9.59 Å². The lowest BCUT2D eigenvalue weighted by atomic mass is 10.1. The van der Waals surface area contributed by atoms with Gasteiger partial charge in [0.05, 0.1) is 12.2 Å². The van der Waals surface area contributed by atoms with Gasteiger partial charge < -0.3 is 5.32 Å². The Kier molecular flexibility index (Phi) is 6.06. The van der Waals surface area contributed by atoms with Crippen LogP contribution in [0.15, 0.2) is 54.6 Å². The molecule has 0 fully saturated rings. The maximum absolute atomic E-state index is 12.5. The normalized spacial score (nSPS) is 13.3. The van der Waals surface area contributed by atoms with Crippen molar-refractivity contribution in [3.63, 3.8) is 0 Å². The fourth-order valence-electron chi connectivity index (χ4n) is 3.41. The van der Waals surface area contributed by atoms with Crippen LogP contribution in [-0.4, -0.2) is 34.7 Å². The topological polar surface area (TPSA) is 67.2 Å². The van der Waals surface area contributed by atoms with Gasteiger partial charge in [0.1, 0.15) is 12.4 Å². The van der Waals surface area contributed by atoms with Crippen molar-refractivity contribution in [1.82, 2.24) is 15.1 Å². The van der Waals surface area contributed by atoms with Crippen LogP contribution in [0.4, 0.5) is 5.82 Å². The van der Waals surface area contributed by atoms with Gasteiger partial charge in [0, 0.05) is 34.6 Å². The smallest absolute Gasteiger partial charge is 0.240 e. The lowest BCUT2D eigenvalue weighted by Gasteiger charge is -2.26. The number of aromatic nitrogens is 2. The summed E-state index contributed by atoms with van der Waals surface area (Å²) in [5.74, 6) is 0.318. The molecule has 30 heavy (non-hydrogen) atoms. The van der Waals surface area contributed by atoms with Gasteiger partial charge in [-0.1, -0.05) is 47.5 Å². The highest BCUT2D eigenvalue weighted by Gasteiger charge is 2.28. The zero-order valence-corrected chi connectivity index (χ0v) is 17.7. The van der Waals surface area contributed by atoms with Gasteiger partial charge in [-0.2, -0.15) is 5.10 Å². The van der Waals surface area contributed by atoms with E-state index in [1.165, 1.54) is 4.90 Å². The van der Waals surface area contributed by atoms with Gasteiger partial charge in [-0.3, -0.25) is 14.5 Å². The van der Waals surface area contributed by atoms with Crippen LogP contribution in [-0.2, 0) is 22.6 Å². The molecule has 0 atom stereocenters. The SMILES string of the molecule is O=C(CN1C(=O)CCn2nc(-c3cccc(Cl)c3)cc21)NCCc1ccc(Cl)cc1. The lowest BCUT2D eigenvalue weighted by Crippen LogP contribution is -2.44. The van der Waals surface area contributed by atoms with Gasteiger partial charge in [-0.25, -0.2) is 4.68 Å². The van der Waals surface area contributed by atoms with E-state index < -0.39 is 0 Å². The number of nitrogens with zero attached hydrogens (tertiary/aromatic N) is 3. The molecule has 2 amide bonds. The largest absolute Gasteiger partial charge is 0.354 e. The minimum Gasteiger partial charge on any atom is -0.354 e. The minimum atomic E-state index is -0.212. The lowest BCUT2D eigenvalue weighted by molar-refractivity contribution is -0.124. The predicted molar refractivity (Wildman–Crippen MR) is 118 cm³/mol. The molecule has 0 saturated carbocycles. The number of nitrogens with one attached hydrogen (secondary N) is 1. The average molecular weight is 443 g/mol. The Bertz CT molecular complexity index is 1080. The third kappa shape index (κ3) is 4.66. The number of anilines is 1. The number of hydrogen-bond donors (Lipinski definition) is 1. The number of carbonyl (C=O) groups excluding carboxylic acids is 2. The second-order valence-electron chi connectivity index (χ2n) is 7.08. The van der Waals surface area contributed by atoms with E-state index in [0.717, 1.165) is 16.8 Å². The summed E-state index contributed by atoms with van der Waals surface area (Å²) in [5.41, 5.74) is 2.66. The number of halogens is 2. The van der Waals surface area contributed by atoms with Gasteiger partial charge in [-0.05, 0) is 36.2 Å². The summed E-state index contributed by atoms with van der Waals surface area (Å²) in [4.78, 5) is 26.4. The van der Waals surface area contributed by atoms with E-state index in [0.29, 0.717) is 41.8 Å². The fourth-order valence-corrected chi connectivity index (χ4v) is 3.72. The molecule has 6 nitrogen and oxygen atoms in total. The van der Waals surface area contributed by atoms with Crippen molar-refractivity contribution in [1.29, 1.82) is 0 Å². The first-order valence-electron chi connectivity index (χ1n) is 9.65. The number of hydrogen-bond acceptors (Lipinski definition) is 3. The first-order chi connectivity index (χ1) is 14.5. The first kappa shape index (κ1) is 20.4. The molecule has 4 rings (SSSR count). The summed E-state index contributed by atoms with van der Waals surface area (Å²) < 4.78 is 1.76. The highest BCUT2D eigenvalue weighted by molar-refractivity contribution is 6.31. The Balaban J connectivity index is 1.42. The average Bonchev–Trinajstić information content (AvgIpc) is 3.16. The van der Waals surface area contributed by atoms with Crippen molar-refractivity contribution >= 4 is 40.8 Å². The number of benzene rings is 2. The summed E-state index contributed by atoms with van der Waals surface area (Å²) in [7, 11) is 0. The highest BCUT2D eigenvalue weighted by Crippen LogP contribution is 2.29. The molecule has 1 aromatic heterocycles. The molecule has 3 aromatic rings. The Hall–Kier alpha value is -2.83. The molecule has 0 saturated heterocycles. The molecule has 0 bridgehead atoms. The standard InChI is InChI=1S/C22H20Cl2N4O2/c23-17-6-4-15(5-7-17)8-10-25-20(29)14-27-21-13-19(16-2-1-3-18(24)12-16)26-28(21)11-9-22(27)30/h1-7,12-13H,8-11,14H2,(H,25,29). The van der Waals surface area contributed by atoms with Gasteiger partial charge in [0.15, 0.2) is 0 Å². The minimum absolute atomic E-state index is 0.0415. The number of aryl methyl sites for hydroxylation is 1. The number of rotatable bonds is 6. The predicted octanol–water partition coefficient (Wildman–Crippen LogP) is 3.95. The van der Waals surface area contributed by atoms with Crippen molar-refractivity contribution in [3.05, 3.63) is 70.2 Å². The third-order valence-electron chi connectivity index (χ3n) is 4.94. The molecule has 0 unspecified atom stereocenters. The molecule has 1 aliphatic heterocycles. The van der Waals surface area contributed by atoms with Gasteiger partial charge >= 0.3 is 0 Å². The summed E-state index contributed by atoms with van der Waals surface area (Å²) in [6.07, 6.45) is 0.995. The molecule has 1 N–H and O–H groups in total. The monoisotopic (exact) mass is 442 g/mol. The molecule has 2 aromatic carbocycles. The van der Waals surface area contributed by atoms with Crippen LogP contribution in [0.2, 0.25) is 10.0 Å². The zero-order valence-electron chi connectivity index (χ0n) is 16.1. The molecular weight excluding hydrogens is 423 g/mol. The van der Waals surface area contributed by atoms with Crippen LogP contribution < -0.4 is 10.2 Å².